The van der Waals surface area contributed by atoms with E-state index in [0.29, 0.717) is 6.92 Å². The summed E-state index contributed by atoms with van der Waals surface area (Å²) in [6.07, 6.45) is -4.28. The zero-order valence-electron chi connectivity index (χ0n) is 18.8. The van der Waals surface area contributed by atoms with E-state index >= 15 is 0 Å². The van der Waals surface area contributed by atoms with Crippen LogP contribution in [0.2, 0.25) is 5.02 Å². The number of hydrogen-bond donors (Lipinski definition) is 3. The monoisotopic (exact) mass is 536 g/mol. The van der Waals surface area contributed by atoms with Gasteiger partial charge in [0.25, 0.3) is 5.91 Å². The lowest BCUT2D eigenvalue weighted by atomic mass is 9.88. The number of aromatic hydroxyl groups is 1. The number of nitrogens with zero attached hydrogens (tertiary/aromatic N) is 1. The fourth-order valence-electron chi connectivity index (χ4n) is 3.73. The van der Waals surface area contributed by atoms with Gasteiger partial charge in [0, 0.05) is 19.3 Å². The molecule has 8 nitrogen and oxygen atoms in total. The van der Waals surface area contributed by atoms with Crippen LogP contribution in [0.25, 0.3) is 0 Å². The highest BCUT2D eigenvalue weighted by Crippen LogP contribution is 2.45. The molecule has 192 valence electrons. The van der Waals surface area contributed by atoms with Crippen LogP contribution in [0.1, 0.15) is 28.9 Å². The van der Waals surface area contributed by atoms with Crippen LogP contribution < -0.4 is 10.2 Å². The second kappa shape index (κ2) is 9.84. The molecule has 0 spiro atoms. The molecule has 1 aliphatic heterocycles. The lowest BCUT2D eigenvalue weighted by Gasteiger charge is -2.37. The molecule has 2 aromatic carbocycles. The van der Waals surface area contributed by atoms with E-state index in [1.54, 1.807) is 4.90 Å². The minimum atomic E-state index is -5.22. The number of sulfone groups is 1. The number of phenolic OH excluding ortho intramolecular Hbond substituents is 1. The Kier molecular flexibility index (Phi) is 7.61. The van der Waals surface area contributed by atoms with Gasteiger partial charge in [0.05, 0.1) is 40.4 Å². The molecule has 1 saturated heterocycles. The first kappa shape index (κ1) is 27.1. The van der Waals surface area contributed by atoms with Crippen molar-refractivity contribution < 1.29 is 41.3 Å². The highest BCUT2D eigenvalue weighted by Gasteiger charge is 2.56. The number of rotatable bonds is 6. The third-order valence-corrected chi connectivity index (χ3v) is 7.23. The Balaban J connectivity index is 2.21. The first-order chi connectivity index (χ1) is 16.2. The summed E-state index contributed by atoms with van der Waals surface area (Å²) in [5.41, 5.74) is -4.25. The molecule has 2 unspecified atom stereocenters. The Morgan fingerprint density at radius 2 is 1.77 bits per heavy atom. The van der Waals surface area contributed by atoms with Crippen molar-refractivity contribution in [3.05, 3.63) is 52.5 Å². The molecule has 0 saturated carbocycles. The first-order valence-electron chi connectivity index (χ1n) is 10.4. The Labute approximate surface area is 205 Å². The minimum absolute atomic E-state index is 0.0465. The van der Waals surface area contributed by atoms with Crippen molar-refractivity contribution in [1.82, 2.24) is 5.32 Å². The maximum absolute atomic E-state index is 13.9. The number of aliphatic hydroxyl groups is 1. The number of halogens is 4. The van der Waals surface area contributed by atoms with Crippen LogP contribution in [0, 0.1) is 0 Å². The van der Waals surface area contributed by atoms with Gasteiger partial charge in [-0.3, -0.25) is 4.79 Å². The molecule has 1 aliphatic rings. The smallest absolute Gasteiger partial charge is 0.419 e. The average molecular weight is 537 g/mol. The van der Waals surface area contributed by atoms with Gasteiger partial charge in [-0.15, -0.1) is 0 Å². The van der Waals surface area contributed by atoms with Crippen LogP contribution in [-0.2, 0) is 14.6 Å². The Morgan fingerprint density at radius 1 is 1.17 bits per heavy atom. The normalized spacial score (nSPS) is 17.5. The largest absolute Gasteiger partial charge is 0.507 e. The van der Waals surface area contributed by atoms with E-state index in [9.17, 15) is 36.6 Å². The second-order valence-corrected chi connectivity index (χ2v) is 10.6. The Hall–Kier alpha value is -2.54. The fourth-order valence-corrected chi connectivity index (χ4v) is 5.07. The molecule has 1 fully saturated rings. The van der Waals surface area contributed by atoms with Crippen molar-refractivity contribution in [2.45, 2.75) is 29.6 Å². The SMILES string of the molecule is CC(O)(C(NC(=O)c1ccccc1O)c1ccc(S(C)(=O)=O)c(N2CCOCC2)c1Cl)C(F)(F)F. The Bertz CT molecular complexity index is 1210. The number of alkyl halides is 3. The number of morpholine rings is 1. The zero-order valence-corrected chi connectivity index (χ0v) is 20.3. The summed E-state index contributed by atoms with van der Waals surface area (Å²) < 4.78 is 72.0. The molecule has 1 heterocycles. The molecule has 3 rings (SSSR count). The van der Waals surface area contributed by atoms with E-state index in [1.807, 2.05) is 0 Å². The number of amides is 1. The summed E-state index contributed by atoms with van der Waals surface area (Å²) >= 11 is 6.54. The topological polar surface area (TPSA) is 116 Å². The maximum atomic E-state index is 13.9. The summed E-state index contributed by atoms with van der Waals surface area (Å²) in [5, 5.41) is 22.3. The lowest BCUT2D eigenvalue weighted by Crippen LogP contribution is -2.53. The highest BCUT2D eigenvalue weighted by molar-refractivity contribution is 7.90. The van der Waals surface area contributed by atoms with E-state index in [2.05, 4.69) is 5.32 Å². The van der Waals surface area contributed by atoms with Crippen molar-refractivity contribution in [3.8, 4) is 5.75 Å². The average Bonchev–Trinajstić information content (AvgIpc) is 2.76. The van der Waals surface area contributed by atoms with Crippen molar-refractivity contribution in [2.24, 2.45) is 0 Å². The van der Waals surface area contributed by atoms with Gasteiger partial charge < -0.3 is 25.2 Å². The zero-order chi connectivity index (χ0) is 26.2. The van der Waals surface area contributed by atoms with Crippen LogP contribution in [0.15, 0.2) is 41.3 Å². The van der Waals surface area contributed by atoms with Gasteiger partial charge in [-0.1, -0.05) is 29.8 Å². The predicted molar refractivity (Wildman–Crippen MR) is 123 cm³/mol. The molecule has 1 amide bonds. The van der Waals surface area contributed by atoms with Crippen molar-refractivity contribution >= 4 is 33.0 Å². The summed E-state index contributed by atoms with van der Waals surface area (Å²) in [6, 6.07) is 5.15. The number of phenols is 1. The number of hydrogen-bond acceptors (Lipinski definition) is 7. The number of nitrogens with one attached hydrogen (secondary N) is 1. The molecule has 2 aromatic rings. The lowest BCUT2D eigenvalue weighted by molar-refractivity contribution is -0.263. The molecule has 0 bridgehead atoms. The molecule has 0 aliphatic carbocycles. The second-order valence-electron chi connectivity index (χ2n) is 8.26. The maximum Gasteiger partial charge on any atom is 0.419 e. The van der Waals surface area contributed by atoms with E-state index < -0.39 is 39.3 Å². The van der Waals surface area contributed by atoms with Crippen LogP contribution >= 0.6 is 11.6 Å². The predicted octanol–water partition coefficient (Wildman–Crippen LogP) is 3.07. The van der Waals surface area contributed by atoms with Crippen LogP contribution in [-0.4, -0.2) is 68.9 Å². The summed E-state index contributed by atoms with van der Waals surface area (Å²) in [5.74, 6) is -1.59. The summed E-state index contributed by atoms with van der Waals surface area (Å²) in [4.78, 5) is 14.2. The van der Waals surface area contributed by atoms with Crippen LogP contribution in [0.5, 0.6) is 5.75 Å². The molecular formula is C22H24ClF3N2O6S. The molecular weight excluding hydrogens is 513 g/mol. The van der Waals surface area contributed by atoms with Crippen LogP contribution in [0.3, 0.4) is 0 Å². The summed E-state index contributed by atoms with van der Waals surface area (Å²) in [6.45, 7) is 1.37. The molecule has 13 heteroatoms. The summed E-state index contributed by atoms with van der Waals surface area (Å²) in [7, 11) is -3.86. The highest BCUT2D eigenvalue weighted by atomic mass is 35.5. The van der Waals surface area contributed by atoms with Crippen molar-refractivity contribution in [3.63, 3.8) is 0 Å². The third kappa shape index (κ3) is 5.50. The number of ether oxygens (including phenoxy) is 1. The number of carbonyl (C=O) groups is 1. The van der Waals surface area contributed by atoms with Gasteiger partial charge in [-0.05, 0) is 30.7 Å². The van der Waals surface area contributed by atoms with Crippen LogP contribution in [0.4, 0.5) is 18.9 Å². The standard InChI is InChI=1S/C22H24ClF3N2O6S/c1-21(31,22(24,25)26)19(27-20(30)13-5-3-4-6-15(13)29)14-7-8-16(35(2,32)33)18(17(14)23)28-9-11-34-12-10-28/h3-8,19,29,31H,9-12H2,1-2H3,(H,27,30). The molecule has 0 radical (unpaired) electrons. The quantitative estimate of drug-likeness (QED) is 0.519. The Morgan fingerprint density at radius 3 is 2.31 bits per heavy atom. The number of para-hydroxylation sites is 1. The molecule has 0 aromatic heterocycles. The fraction of sp³-hybridized carbons (Fsp3) is 0.409. The van der Waals surface area contributed by atoms with E-state index in [-0.39, 0.29) is 53.0 Å². The number of carbonyl (C=O) groups excluding carboxylic acids is 1. The van der Waals surface area contributed by atoms with Gasteiger partial charge in [0.2, 0.25) is 0 Å². The van der Waals surface area contributed by atoms with Gasteiger partial charge in [-0.2, -0.15) is 13.2 Å². The van der Waals surface area contributed by atoms with E-state index in [1.165, 1.54) is 24.3 Å². The van der Waals surface area contributed by atoms with Gasteiger partial charge in [0.1, 0.15) is 5.75 Å². The van der Waals surface area contributed by atoms with E-state index in [4.69, 9.17) is 16.3 Å². The third-order valence-electron chi connectivity index (χ3n) is 5.71. The molecule has 3 N–H and O–H groups in total. The molecule has 2 atom stereocenters. The van der Waals surface area contributed by atoms with Gasteiger partial charge in [0.15, 0.2) is 15.4 Å². The van der Waals surface area contributed by atoms with E-state index in [0.717, 1.165) is 18.4 Å². The first-order valence-corrected chi connectivity index (χ1v) is 12.7. The van der Waals surface area contributed by atoms with Crippen molar-refractivity contribution in [1.29, 1.82) is 0 Å². The molecule has 35 heavy (non-hydrogen) atoms. The van der Waals surface area contributed by atoms with Gasteiger partial charge in [-0.25, -0.2) is 8.42 Å². The number of benzene rings is 2. The van der Waals surface area contributed by atoms with Crippen molar-refractivity contribution in [2.75, 3.05) is 37.5 Å². The number of anilines is 1. The minimum Gasteiger partial charge on any atom is -0.507 e. The van der Waals surface area contributed by atoms with Gasteiger partial charge >= 0.3 is 6.18 Å².